The molecule has 78 heavy (non-hydrogen) atoms. The van der Waals surface area contributed by atoms with Crippen LogP contribution in [0.2, 0.25) is 0 Å². The second-order valence-electron chi connectivity index (χ2n) is 16.9. The van der Waals surface area contributed by atoms with E-state index in [9.17, 15) is 126 Å². The summed E-state index contributed by atoms with van der Waals surface area (Å²) in [7, 11) is -27.8. The van der Waals surface area contributed by atoms with Crippen molar-refractivity contribution in [1.29, 1.82) is 0 Å². The van der Waals surface area contributed by atoms with Gasteiger partial charge in [-0.2, -0.15) is 51.5 Å². The maximum atomic E-state index is 12.7. The Morgan fingerprint density at radius 3 is 1.40 bits per heavy atom. The van der Waals surface area contributed by atoms with Gasteiger partial charge in [-0.15, -0.1) is 0 Å². The molecule has 5 fully saturated rings. The van der Waals surface area contributed by atoms with Crippen LogP contribution in [0.25, 0.3) is 0 Å². The highest BCUT2D eigenvalue weighted by atomic mass is 32.3. The molecule has 0 aromatic rings. The molecule has 0 aromatic heterocycles. The minimum Gasteiger partial charge on any atom is -0.479 e. The fourth-order valence-electron chi connectivity index (χ4n) is 8.25. The first-order valence-corrected chi connectivity index (χ1v) is 28.1. The average Bonchev–Trinajstić information content (AvgIpc) is 3.29. The fourth-order valence-corrected chi connectivity index (χ4v) is 10.8. The van der Waals surface area contributed by atoms with Crippen molar-refractivity contribution >= 4 is 63.7 Å². The molecule has 0 bridgehead atoms. The molecule has 5 aliphatic rings. The van der Waals surface area contributed by atoms with Gasteiger partial charge in [-0.05, 0) is 0 Å². The number of aliphatic carboxylic acids is 2. The van der Waals surface area contributed by atoms with Crippen molar-refractivity contribution in [3.8, 4) is 0 Å². The fraction of sp³-hybridized carbons (Fsp3) is 0.933. The van der Waals surface area contributed by atoms with Gasteiger partial charge in [0, 0.05) is 0 Å². The lowest BCUT2D eigenvalue weighted by Crippen LogP contribution is -2.70. The quantitative estimate of drug-likeness (QED) is 0.0422. The van der Waals surface area contributed by atoms with Gasteiger partial charge in [0.25, 0.3) is 0 Å². The van der Waals surface area contributed by atoms with E-state index in [0.717, 1.165) is 0 Å². The van der Waals surface area contributed by atoms with E-state index in [4.69, 9.17) is 52.9 Å². The number of nitrogens with two attached hydrogens (primary N) is 1. The lowest BCUT2D eigenvalue weighted by atomic mass is 9.94. The van der Waals surface area contributed by atoms with Gasteiger partial charge in [0.05, 0.1) is 25.9 Å². The molecular formula is C30H51N3O40S5. The van der Waals surface area contributed by atoms with E-state index in [2.05, 4.69) is 12.5 Å². The summed E-state index contributed by atoms with van der Waals surface area (Å²) in [6.45, 7) is -4.14. The number of carboxylic acid groups (broad SMARTS) is 2. The highest BCUT2D eigenvalue weighted by Crippen LogP contribution is 2.37. The molecule has 0 spiro atoms. The van der Waals surface area contributed by atoms with Crippen molar-refractivity contribution in [3.05, 3.63) is 0 Å². The molecule has 5 aliphatic heterocycles. The van der Waals surface area contributed by atoms with E-state index < -0.39 is 237 Å². The summed E-state index contributed by atoms with van der Waals surface area (Å²) in [5, 5.41) is 117. The van der Waals surface area contributed by atoms with Crippen molar-refractivity contribution in [2.24, 2.45) is 5.73 Å². The molecule has 0 saturated carbocycles. The van der Waals surface area contributed by atoms with Gasteiger partial charge in [-0.3, -0.25) is 22.8 Å². The van der Waals surface area contributed by atoms with Crippen LogP contribution in [0.4, 0.5) is 0 Å². The Balaban J connectivity index is 1.43. The van der Waals surface area contributed by atoms with Crippen LogP contribution < -0.4 is 15.2 Å². The van der Waals surface area contributed by atoms with Crippen LogP contribution in [0.3, 0.4) is 0 Å². The number of ether oxygens (including phenoxy) is 9. The van der Waals surface area contributed by atoms with Gasteiger partial charge < -0.3 is 105 Å². The summed E-state index contributed by atoms with van der Waals surface area (Å²) in [4.78, 5) is 25.3. The summed E-state index contributed by atoms with van der Waals surface area (Å²) < 4.78 is 228. The Hall–Kier alpha value is -2.47. The third-order valence-electron chi connectivity index (χ3n) is 11.6. The maximum absolute atomic E-state index is 12.7. The number of aliphatic hydroxyl groups excluding tert-OH is 9. The van der Waals surface area contributed by atoms with E-state index in [-0.39, 0.29) is 0 Å². The molecule has 5 saturated heterocycles. The zero-order valence-corrected chi connectivity index (χ0v) is 42.2. The van der Waals surface area contributed by atoms with Crippen molar-refractivity contribution in [1.82, 2.24) is 9.44 Å². The Bertz CT molecular complexity index is 2650. The zero-order valence-electron chi connectivity index (χ0n) is 38.1. The van der Waals surface area contributed by atoms with Crippen LogP contribution in [-0.4, -0.2) is 306 Å². The Morgan fingerprint density at radius 1 is 0.449 bits per heavy atom. The smallest absolute Gasteiger partial charge is 0.397 e. The standard InChI is InChI=1S/C30H51N3O40S5/c31-7-18(72-77(56,57)58)17(67-29-14(40)13(39)19(22(70-29)24(42)43)69-28-9(33-75(50,51)52)11(37)10(36)6(65-28)3-62-76(53,54)55)5(2-35)64-27(7)68-20-15(41)21(73-78(59,60)61)30(71-23(20)25(44)45)66-16-4(1-34)63-26(46)8(12(16)38)32-74(47,48)49/h4-23,26-30,32-41,46H,1-3,31H2,(H,42,43)(H,44,45)(H,47,48,49)(H,50,51,52)(H,53,54,55)(H,56,57,58)(H,59,60,61)/t4-,5-,6-,7-,8-,9-,10-,11-,12-,13-,14-,15+,16-,17-,18-,19+,20+,21-,22+,23-,26+,27-,28+,29-,30-/m1/s1. The minimum absolute atomic E-state index is 1.26. The summed E-state index contributed by atoms with van der Waals surface area (Å²) in [5.41, 5.74) is 6.16. The number of carbonyl (C=O) groups is 2. The number of carboxylic acids is 2. The largest absolute Gasteiger partial charge is 0.479 e. The van der Waals surface area contributed by atoms with Crippen LogP contribution in [0.1, 0.15) is 0 Å². The van der Waals surface area contributed by atoms with Crippen molar-refractivity contribution < 1.29 is 186 Å². The second kappa shape index (κ2) is 25.6. The van der Waals surface area contributed by atoms with Crippen molar-refractivity contribution in [2.75, 3.05) is 19.8 Å². The highest BCUT2D eigenvalue weighted by Gasteiger charge is 2.60. The highest BCUT2D eigenvalue weighted by molar-refractivity contribution is 7.84. The number of hydrogen-bond acceptors (Lipinski definition) is 34. The molecule has 0 radical (unpaired) electrons. The number of rotatable bonds is 23. The van der Waals surface area contributed by atoms with Gasteiger partial charge in [0.1, 0.15) is 97.5 Å². The molecular weight excluding hydrogens is 1200 g/mol. The first-order valence-electron chi connectivity index (χ1n) is 21.2. The molecule has 25 atom stereocenters. The van der Waals surface area contributed by atoms with Crippen LogP contribution >= 0.6 is 0 Å². The molecule has 20 N–H and O–H groups in total. The first-order chi connectivity index (χ1) is 35.6. The van der Waals surface area contributed by atoms with Gasteiger partial charge >= 0.3 is 63.7 Å². The number of hydrogen-bond donors (Lipinski definition) is 19. The maximum Gasteiger partial charge on any atom is 0.397 e. The van der Waals surface area contributed by atoms with Gasteiger partial charge in [-0.1, -0.05) is 0 Å². The monoisotopic (exact) mass is 1250 g/mol. The van der Waals surface area contributed by atoms with E-state index in [1.165, 1.54) is 9.44 Å². The molecule has 48 heteroatoms. The Kier molecular flexibility index (Phi) is 21.7. The molecule has 43 nitrogen and oxygen atoms in total. The molecule has 0 aliphatic carbocycles. The van der Waals surface area contributed by atoms with E-state index >= 15 is 0 Å². The molecule has 0 amide bonds. The SMILES string of the molecule is N[C@H]1[C@@H](O[C@H]2[C@H](O)[C@@H](OS(=O)(=O)O)[C@H](O[C@H]3[C@H](O)[C@@H](NS(=O)(=O)O)[C@@H](O)O[C@@H]3CO)O[C@H]2C(=O)O)O[C@H](CO)[C@@H](O[C@@H]2O[C@H](C(=O)O)[C@@H](O[C@@H]3O[C@H](COS(=O)(=O)O)[C@@H](O)[C@H](O)[C@H]3NS(=O)(=O)O)[C@H](O)[C@H]2O)[C@@H]1OS(=O)(=O)O. The molecule has 0 unspecified atom stereocenters. The van der Waals surface area contributed by atoms with Crippen LogP contribution in [-0.2, 0) is 117 Å². The molecule has 456 valence electrons. The van der Waals surface area contributed by atoms with Crippen LogP contribution in [0.5, 0.6) is 0 Å². The first kappa shape index (κ1) is 66.3. The van der Waals surface area contributed by atoms with Gasteiger partial charge in [0.2, 0.25) is 0 Å². The lowest BCUT2D eigenvalue weighted by molar-refractivity contribution is -0.372. The van der Waals surface area contributed by atoms with E-state index in [1.54, 1.807) is 0 Å². The zero-order chi connectivity index (χ0) is 59.1. The third kappa shape index (κ3) is 16.8. The van der Waals surface area contributed by atoms with E-state index in [0.29, 0.717) is 0 Å². The third-order valence-corrected chi connectivity index (χ3v) is 14.1. The Morgan fingerprint density at radius 2 is 0.897 bits per heavy atom. The molecule has 5 heterocycles. The van der Waals surface area contributed by atoms with Crippen molar-refractivity contribution in [3.63, 3.8) is 0 Å². The molecule has 0 aromatic carbocycles. The van der Waals surface area contributed by atoms with Crippen LogP contribution in [0.15, 0.2) is 0 Å². The lowest BCUT2D eigenvalue weighted by Gasteiger charge is -2.50. The number of nitrogens with one attached hydrogen (secondary N) is 2. The van der Waals surface area contributed by atoms with Gasteiger partial charge in [-0.25, -0.2) is 22.1 Å². The summed E-state index contributed by atoms with van der Waals surface area (Å²) in [6.07, 6.45) is -56.1. The Labute approximate surface area is 436 Å². The topological polar surface area (TPSA) is 689 Å². The predicted molar refractivity (Wildman–Crippen MR) is 226 cm³/mol. The van der Waals surface area contributed by atoms with Crippen molar-refractivity contribution in [2.45, 2.75) is 153 Å². The van der Waals surface area contributed by atoms with Crippen LogP contribution in [0, 0.1) is 0 Å². The van der Waals surface area contributed by atoms with Gasteiger partial charge in [0.15, 0.2) is 49.8 Å². The normalized spacial score (nSPS) is 42.5. The summed E-state index contributed by atoms with van der Waals surface area (Å²) in [6, 6.07) is -7.17. The van der Waals surface area contributed by atoms with E-state index in [1.807, 2.05) is 0 Å². The minimum atomic E-state index is -5.86. The second-order valence-corrected chi connectivity index (χ2v) is 22.5. The predicted octanol–water partition coefficient (Wildman–Crippen LogP) is -13.5. The summed E-state index contributed by atoms with van der Waals surface area (Å²) in [5.74, 6) is -4.42. The average molecular weight is 1250 g/mol. The number of aliphatic hydroxyl groups is 9. The molecule has 5 rings (SSSR count). The summed E-state index contributed by atoms with van der Waals surface area (Å²) >= 11 is 0.